The number of carbonyl (C=O) groups is 1. The fourth-order valence-electron chi connectivity index (χ4n) is 3.47. The van der Waals surface area contributed by atoms with Crippen LogP contribution in [0.5, 0.6) is 5.75 Å². The third-order valence-corrected chi connectivity index (χ3v) is 5.24. The molecule has 178 valence electrons. The molecule has 0 atom stereocenters. The number of aliphatic carboxylic acids is 1. The van der Waals surface area contributed by atoms with Gasteiger partial charge in [0.15, 0.2) is 0 Å². The minimum Gasteiger partial charge on any atom is -0.487 e. The van der Waals surface area contributed by atoms with Crippen molar-refractivity contribution in [2.75, 3.05) is 6.61 Å². The van der Waals surface area contributed by atoms with Crippen molar-refractivity contribution in [2.45, 2.75) is 65.7 Å². The quantitative estimate of drug-likeness (QED) is 0.344. The molecule has 0 aliphatic heterocycles. The van der Waals surface area contributed by atoms with Crippen molar-refractivity contribution in [3.63, 3.8) is 0 Å². The topological polar surface area (TPSA) is 46.5 Å². The molecule has 0 saturated carbocycles. The van der Waals surface area contributed by atoms with Gasteiger partial charge in [-0.2, -0.15) is 0 Å². The molecule has 5 heteroatoms. The molecule has 0 amide bonds. The smallest absolute Gasteiger partial charge is 0.328 e. The number of alkyl halides is 2. The Morgan fingerprint density at radius 3 is 2.21 bits per heavy atom. The molecule has 0 saturated heterocycles. The molecule has 0 spiro atoms. The van der Waals surface area contributed by atoms with E-state index < -0.39 is 19.0 Å². The lowest BCUT2D eigenvalue weighted by Gasteiger charge is -2.30. The van der Waals surface area contributed by atoms with Gasteiger partial charge in [-0.15, -0.1) is 0 Å². The maximum absolute atomic E-state index is 13.2. The first kappa shape index (κ1) is 26.3. The van der Waals surface area contributed by atoms with Gasteiger partial charge < -0.3 is 9.84 Å². The van der Waals surface area contributed by atoms with Crippen molar-refractivity contribution in [2.24, 2.45) is 0 Å². The molecule has 0 bridgehead atoms. The molecule has 2 aromatic carbocycles. The molecular formula is C28H34F2O3. The number of halogens is 2. The van der Waals surface area contributed by atoms with E-state index >= 15 is 0 Å². The lowest BCUT2D eigenvalue weighted by molar-refractivity contribution is -0.131. The molecule has 33 heavy (non-hydrogen) atoms. The number of carboxylic acid groups (broad SMARTS) is 1. The lowest BCUT2D eigenvalue weighted by Crippen LogP contribution is -2.20. The summed E-state index contributed by atoms with van der Waals surface area (Å²) in [5, 5.41) is 8.98. The minimum atomic E-state index is -2.59. The molecule has 0 fully saturated rings. The first-order valence-corrected chi connectivity index (χ1v) is 11.0. The number of hydrogen-bond donors (Lipinski definition) is 1. The minimum absolute atomic E-state index is 0.165. The predicted molar refractivity (Wildman–Crippen MR) is 131 cm³/mol. The zero-order valence-electron chi connectivity index (χ0n) is 20.5. The van der Waals surface area contributed by atoms with Gasteiger partial charge >= 0.3 is 5.97 Å². The van der Waals surface area contributed by atoms with Crippen LogP contribution >= 0.6 is 0 Å². The highest BCUT2D eigenvalue weighted by Crippen LogP contribution is 2.44. The molecular weight excluding hydrogens is 422 g/mol. The molecule has 2 aromatic rings. The summed E-state index contributed by atoms with van der Waals surface area (Å²) >= 11 is 0. The van der Waals surface area contributed by atoms with Crippen LogP contribution in [0, 0.1) is 0 Å². The van der Waals surface area contributed by atoms with E-state index in [-0.39, 0.29) is 10.8 Å². The summed E-state index contributed by atoms with van der Waals surface area (Å²) in [6, 6.07) is 11.7. The van der Waals surface area contributed by atoms with Crippen LogP contribution in [0.25, 0.3) is 17.2 Å². The Balaban J connectivity index is 2.82. The Morgan fingerprint density at radius 2 is 1.67 bits per heavy atom. The van der Waals surface area contributed by atoms with Crippen molar-refractivity contribution in [3.05, 3.63) is 70.8 Å². The fourth-order valence-corrected chi connectivity index (χ4v) is 3.47. The average Bonchev–Trinajstić information content (AvgIpc) is 2.68. The summed E-state index contributed by atoms with van der Waals surface area (Å²) < 4.78 is 32.1. The number of carboxylic acids is 1. The Morgan fingerprint density at radius 1 is 1.03 bits per heavy atom. The van der Waals surface area contributed by atoms with Gasteiger partial charge in [-0.25, -0.2) is 13.6 Å². The van der Waals surface area contributed by atoms with Gasteiger partial charge in [0.2, 0.25) is 0 Å². The second-order valence-electron chi connectivity index (χ2n) is 10.2. The van der Waals surface area contributed by atoms with Crippen LogP contribution in [0.4, 0.5) is 8.78 Å². The van der Waals surface area contributed by atoms with E-state index in [1.54, 1.807) is 13.0 Å². The fraction of sp³-hybridized carbons (Fsp3) is 0.393. The van der Waals surface area contributed by atoms with Crippen LogP contribution in [-0.2, 0) is 15.6 Å². The summed E-state index contributed by atoms with van der Waals surface area (Å²) in [5.41, 5.74) is 4.44. The van der Waals surface area contributed by atoms with Gasteiger partial charge in [-0.1, -0.05) is 84.0 Å². The second-order valence-corrected chi connectivity index (χ2v) is 10.2. The van der Waals surface area contributed by atoms with Crippen LogP contribution in [-0.4, -0.2) is 24.1 Å². The largest absolute Gasteiger partial charge is 0.487 e. The summed E-state index contributed by atoms with van der Waals surface area (Å²) in [4.78, 5) is 11.0. The molecule has 0 aromatic heterocycles. The van der Waals surface area contributed by atoms with E-state index in [0.717, 1.165) is 33.9 Å². The molecule has 2 rings (SSSR count). The van der Waals surface area contributed by atoms with Gasteiger partial charge in [-0.05, 0) is 46.1 Å². The Hall–Kier alpha value is -2.95. The van der Waals surface area contributed by atoms with E-state index in [1.165, 1.54) is 0 Å². The average molecular weight is 457 g/mol. The zero-order valence-corrected chi connectivity index (χ0v) is 20.5. The van der Waals surface area contributed by atoms with Crippen molar-refractivity contribution < 1.29 is 23.4 Å². The molecule has 0 radical (unpaired) electrons. The molecule has 1 N–H and O–H groups in total. The number of benzene rings is 2. The SMILES string of the molecule is CC(C=Cc1ccccc1-c1cc(C(C)(C)C)cc(C(C)(C)C)c1OCC(F)F)=CC(=O)O. The van der Waals surface area contributed by atoms with E-state index in [2.05, 4.69) is 26.8 Å². The molecule has 0 aliphatic carbocycles. The third kappa shape index (κ3) is 7.28. The highest BCUT2D eigenvalue weighted by Gasteiger charge is 2.27. The Bertz CT molecular complexity index is 1050. The second kappa shape index (κ2) is 10.3. The number of allylic oxidation sites excluding steroid dienone is 2. The molecule has 3 nitrogen and oxygen atoms in total. The highest BCUT2D eigenvalue weighted by molar-refractivity contribution is 5.83. The third-order valence-electron chi connectivity index (χ3n) is 5.24. The van der Waals surface area contributed by atoms with E-state index in [9.17, 15) is 13.6 Å². The van der Waals surface area contributed by atoms with Gasteiger partial charge in [0.1, 0.15) is 12.4 Å². The van der Waals surface area contributed by atoms with Crippen LogP contribution in [0.3, 0.4) is 0 Å². The number of rotatable bonds is 7. The van der Waals surface area contributed by atoms with Gasteiger partial charge in [0.25, 0.3) is 6.43 Å². The Labute approximate surface area is 195 Å². The van der Waals surface area contributed by atoms with Gasteiger partial charge in [-0.3, -0.25) is 0 Å². The van der Waals surface area contributed by atoms with Crippen LogP contribution < -0.4 is 4.74 Å². The molecule has 0 aliphatic rings. The van der Waals surface area contributed by atoms with Crippen molar-refractivity contribution in [3.8, 4) is 16.9 Å². The first-order valence-electron chi connectivity index (χ1n) is 11.0. The van der Waals surface area contributed by atoms with Crippen LogP contribution in [0.15, 0.2) is 54.1 Å². The highest BCUT2D eigenvalue weighted by atomic mass is 19.3. The first-order chi connectivity index (χ1) is 15.2. The number of hydrogen-bond acceptors (Lipinski definition) is 2. The van der Waals surface area contributed by atoms with Crippen molar-refractivity contribution in [1.29, 1.82) is 0 Å². The van der Waals surface area contributed by atoms with Crippen LogP contribution in [0.1, 0.15) is 65.2 Å². The lowest BCUT2D eigenvalue weighted by atomic mass is 9.77. The molecule has 0 unspecified atom stereocenters. The maximum Gasteiger partial charge on any atom is 0.328 e. The number of ether oxygens (including phenoxy) is 1. The summed E-state index contributed by atoms with van der Waals surface area (Å²) in [6.07, 6.45) is 2.10. The van der Waals surface area contributed by atoms with Gasteiger partial charge in [0.05, 0.1) is 0 Å². The zero-order chi connectivity index (χ0) is 25.0. The monoisotopic (exact) mass is 456 g/mol. The van der Waals surface area contributed by atoms with Gasteiger partial charge in [0, 0.05) is 17.2 Å². The summed E-state index contributed by atoms with van der Waals surface area (Å²) in [6.45, 7) is 13.5. The van der Waals surface area contributed by atoms with Crippen molar-refractivity contribution >= 4 is 12.0 Å². The van der Waals surface area contributed by atoms with E-state index in [4.69, 9.17) is 9.84 Å². The van der Waals surface area contributed by atoms with Crippen molar-refractivity contribution in [1.82, 2.24) is 0 Å². The summed E-state index contributed by atoms with van der Waals surface area (Å²) in [7, 11) is 0. The maximum atomic E-state index is 13.2. The normalized spacial score (nSPS) is 13.1. The summed E-state index contributed by atoms with van der Waals surface area (Å²) in [5.74, 6) is -0.560. The standard InChI is InChI=1S/C28H34F2O3/c1-18(14-25(31)32)12-13-19-10-8-9-11-21(19)22-15-20(27(2,3)4)16-23(28(5,6)7)26(22)33-17-24(29)30/h8-16,24H,17H2,1-7H3,(H,31,32). The molecule has 0 heterocycles. The Kier molecular flexibility index (Phi) is 8.23. The van der Waals surface area contributed by atoms with E-state index in [1.807, 2.05) is 57.2 Å². The predicted octanol–water partition coefficient (Wildman–Crippen LogP) is 7.64. The van der Waals surface area contributed by atoms with Crippen LogP contribution in [0.2, 0.25) is 0 Å². The van der Waals surface area contributed by atoms with E-state index in [0.29, 0.717) is 11.3 Å².